The molecule has 0 bridgehead atoms. The average molecular weight is 315 g/mol. The lowest BCUT2D eigenvalue weighted by Gasteiger charge is -2.48. The summed E-state index contributed by atoms with van der Waals surface area (Å²) in [4.78, 5) is 2.46. The van der Waals surface area contributed by atoms with Crippen molar-refractivity contribution in [3.63, 3.8) is 0 Å². The Labute approximate surface area is 132 Å². The molecule has 2 rings (SSSR count). The Bertz CT molecular complexity index is 458. The molecule has 4 heteroatoms. The molecule has 1 fully saturated rings. The fourth-order valence-corrected chi connectivity index (χ4v) is 3.56. The van der Waals surface area contributed by atoms with E-state index in [4.69, 9.17) is 23.2 Å². The number of halogens is 2. The van der Waals surface area contributed by atoms with E-state index in [2.05, 4.69) is 37.1 Å². The van der Waals surface area contributed by atoms with Crippen LogP contribution in [0.1, 0.15) is 40.0 Å². The van der Waals surface area contributed by atoms with Crippen molar-refractivity contribution in [2.75, 3.05) is 18.0 Å². The van der Waals surface area contributed by atoms with Crippen molar-refractivity contribution in [2.45, 2.75) is 51.6 Å². The Hall–Kier alpha value is -0.440. The number of piperazine rings is 1. The molecule has 1 aromatic rings. The fraction of sp³-hybridized carbons (Fsp3) is 0.625. The van der Waals surface area contributed by atoms with E-state index in [-0.39, 0.29) is 5.54 Å². The molecule has 1 aliphatic heterocycles. The van der Waals surface area contributed by atoms with Crippen LogP contribution in [-0.4, -0.2) is 24.7 Å². The maximum atomic E-state index is 6.42. The van der Waals surface area contributed by atoms with Gasteiger partial charge in [-0.15, -0.1) is 0 Å². The molecule has 0 aromatic heterocycles. The zero-order valence-electron chi connectivity index (χ0n) is 12.5. The summed E-state index contributed by atoms with van der Waals surface area (Å²) in [7, 11) is 0. The standard InChI is InChI=1S/C16H24Cl2N2/c1-4-13-10-19-16(5-2,6-3)11-20(13)15-8-7-12(17)9-14(15)18/h7-9,13,19H,4-6,10-11H2,1-3H3. The zero-order chi connectivity index (χ0) is 14.8. The average Bonchev–Trinajstić information content (AvgIpc) is 2.46. The molecule has 20 heavy (non-hydrogen) atoms. The van der Waals surface area contributed by atoms with Crippen LogP contribution in [0.15, 0.2) is 18.2 Å². The fourth-order valence-electron chi connectivity index (χ4n) is 3.04. The summed E-state index contributed by atoms with van der Waals surface area (Å²) in [5.74, 6) is 0. The van der Waals surface area contributed by atoms with Crippen LogP contribution in [0, 0.1) is 0 Å². The summed E-state index contributed by atoms with van der Waals surface area (Å²) >= 11 is 12.4. The molecule has 2 nitrogen and oxygen atoms in total. The van der Waals surface area contributed by atoms with Gasteiger partial charge in [0.05, 0.1) is 10.7 Å². The first-order valence-corrected chi connectivity index (χ1v) is 8.27. The number of benzene rings is 1. The first-order valence-electron chi connectivity index (χ1n) is 7.52. The van der Waals surface area contributed by atoms with Gasteiger partial charge in [-0.05, 0) is 37.5 Å². The molecule has 0 amide bonds. The maximum absolute atomic E-state index is 6.42. The van der Waals surface area contributed by atoms with Gasteiger partial charge in [0.1, 0.15) is 0 Å². The molecular formula is C16H24Cl2N2. The van der Waals surface area contributed by atoms with E-state index in [9.17, 15) is 0 Å². The van der Waals surface area contributed by atoms with Crippen LogP contribution in [0.2, 0.25) is 10.0 Å². The molecule has 0 radical (unpaired) electrons. The number of anilines is 1. The third-order valence-electron chi connectivity index (χ3n) is 4.67. The van der Waals surface area contributed by atoms with Gasteiger partial charge in [-0.1, -0.05) is 44.0 Å². The van der Waals surface area contributed by atoms with Crippen LogP contribution >= 0.6 is 23.2 Å². The van der Waals surface area contributed by atoms with Crippen molar-refractivity contribution in [1.29, 1.82) is 0 Å². The van der Waals surface area contributed by atoms with E-state index in [0.29, 0.717) is 11.1 Å². The van der Waals surface area contributed by atoms with Crippen molar-refractivity contribution in [3.8, 4) is 0 Å². The van der Waals surface area contributed by atoms with E-state index in [1.54, 1.807) is 0 Å². The van der Waals surface area contributed by atoms with E-state index in [1.807, 2.05) is 12.1 Å². The maximum Gasteiger partial charge on any atom is 0.0654 e. The third-order valence-corrected chi connectivity index (χ3v) is 5.21. The zero-order valence-corrected chi connectivity index (χ0v) is 14.1. The van der Waals surface area contributed by atoms with Crippen LogP contribution in [0.4, 0.5) is 5.69 Å². The first kappa shape index (κ1) is 15.9. The second kappa shape index (κ2) is 6.55. The molecule has 0 aliphatic carbocycles. The van der Waals surface area contributed by atoms with Crippen LogP contribution in [0.3, 0.4) is 0 Å². The van der Waals surface area contributed by atoms with Gasteiger partial charge in [0, 0.05) is 29.7 Å². The Morgan fingerprint density at radius 2 is 1.95 bits per heavy atom. The number of rotatable bonds is 4. The topological polar surface area (TPSA) is 15.3 Å². The summed E-state index contributed by atoms with van der Waals surface area (Å²) < 4.78 is 0. The highest BCUT2D eigenvalue weighted by molar-refractivity contribution is 6.36. The summed E-state index contributed by atoms with van der Waals surface area (Å²) in [6, 6.07) is 6.30. The van der Waals surface area contributed by atoms with Gasteiger partial charge in [-0.25, -0.2) is 0 Å². The predicted molar refractivity (Wildman–Crippen MR) is 89.2 cm³/mol. The molecule has 1 N–H and O–H groups in total. The van der Waals surface area contributed by atoms with Crippen LogP contribution in [-0.2, 0) is 0 Å². The highest BCUT2D eigenvalue weighted by Crippen LogP contribution is 2.34. The van der Waals surface area contributed by atoms with Crippen LogP contribution in [0.25, 0.3) is 0 Å². The Morgan fingerprint density at radius 3 is 2.50 bits per heavy atom. The highest BCUT2D eigenvalue weighted by atomic mass is 35.5. The van der Waals surface area contributed by atoms with E-state index < -0.39 is 0 Å². The van der Waals surface area contributed by atoms with Gasteiger partial charge in [-0.3, -0.25) is 0 Å². The largest absolute Gasteiger partial charge is 0.364 e. The van der Waals surface area contributed by atoms with Crippen molar-refractivity contribution >= 4 is 28.9 Å². The van der Waals surface area contributed by atoms with Crippen molar-refractivity contribution in [1.82, 2.24) is 5.32 Å². The van der Waals surface area contributed by atoms with E-state index in [1.165, 1.54) is 0 Å². The van der Waals surface area contributed by atoms with Crippen molar-refractivity contribution < 1.29 is 0 Å². The van der Waals surface area contributed by atoms with Crippen LogP contribution in [0.5, 0.6) is 0 Å². The monoisotopic (exact) mass is 314 g/mol. The number of hydrogen-bond acceptors (Lipinski definition) is 2. The molecule has 1 aliphatic rings. The Morgan fingerprint density at radius 1 is 1.25 bits per heavy atom. The molecule has 1 atom stereocenters. The SMILES string of the molecule is CCC1CNC(CC)(CC)CN1c1ccc(Cl)cc1Cl. The van der Waals surface area contributed by atoms with Gasteiger partial charge in [0.2, 0.25) is 0 Å². The molecule has 1 unspecified atom stereocenters. The second-order valence-electron chi connectivity index (χ2n) is 5.65. The number of nitrogens with one attached hydrogen (secondary N) is 1. The molecule has 0 saturated carbocycles. The number of nitrogens with zero attached hydrogens (tertiary/aromatic N) is 1. The normalized spacial score (nSPS) is 22.1. The Kier molecular flexibility index (Phi) is 5.22. The van der Waals surface area contributed by atoms with Gasteiger partial charge in [0.15, 0.2) is 0 Å². The smallest absolute Gasteiger partial charge is 0.0654 e. The second-order valence-corrected chi connectivity index (χ2v) is 6.50. The summed E-state index contributed by atoms with van der Waals surface area (Å²) in [6.07, 6.45) is 3.36. The lowest BCUT2D eigenvalue weighted by Crippen LogP contribution is -2.64. The minimum atomic E-state index is 0.189. The van der Waals surface area contributed by atoms with Crippen molar-refractivity contribution in [3.05, 3.63) is 28.2 Å². The highest BCUT2D eigenvalue weighted by Gasteiger charge is 2.36. The van der Waals surface area contributed by atoms with Gasteiger partial charge >= 0.3 is 0 Å². The summed E-state index contributed by atoms with van der Waals surface area (Å²) in [6.45, 7) is 8.75. The molecule has 1 saturated heterocycles. The van der Waals surface area contributed by atoms with E-state index in [0.717, 1.165) is 43.1 Å². The summed E-state index contributed by atoms with van der Waals surface area (Å²) in [5.41, 5.74) is 1.30. The van der Waals surface area contributed by atoms with Crippen molar-refractivity contribution in [2.24, 2.45) is 0 Å². The molecular weight excluding hydrogens is 291 g/mol. The lowest BCUT2D eigenvalue weighted by molar-refractivity contribution is 0.246. The molecule has 112 valence electrons. The quantitative estimate of drug-likeness (QED) is 0.863. The van der Waals surface area contributed by atoms with Gasteiger partial charge < -0.3 is 10.2 Å². The van der Waals surface area contributed by atoms with E-state index >= 15 is 0 Å². The number of hydrogen-bond donors (Lipinski definition) is 1. The molecule has 1 aromatic carbocycles. The lowest BCUT2D eigenvalue weighted by atomic mass is 9.87. The minimum absolute atomic E-state index is 0.189. The van der Waals surface area contributed by atoms with Gasteiger partial charge in [-0.2, -0.15) is 0 Å². The first-order chi connectivity index (χ1) is 9.55. The molecule has 1 heterocycles. The Balaban J connectivity index is 2.33. The third kappa shape index (κ3) is 3.08. The van der Waals surface area contributed by atoms with Gasteiger partial charge in [0.25, 0.3) is 0 Å². The van der Waals surface area contributed by atoms with Crippen LogP contribution < -0.4 is 10.2 Å². The minimum Gasteiger partial charge on any atom is -0.364 e. The molecule has 0 spiro atoms. The predicted octanol–water partition coefficient (Wildman–Crippen LogP) is 4.74. The summed E-state index contributed by atoms with van der Waals surface area (Å²) in [5, 5.41) is 5.20.